The van der Waals surface area contributed by atoms with Crippen LogP contribution >= 0.6 is 11.6 Å². The average Bonchev–Trinajstić information content (AvgIpc) is 2.67. The molecule has 0 spiro atoms. The Kier molecular flexibility index (Phi) is 4.66. The summed E-state index contributed by atoms with van der Waals surface area (Å²) < 4.78 is 0. The van der Waals surface area contributed by atoms with Gasteiger partial charge in [-0.05, 0) is 48.4 Å². The summed E-state index contributed by atoms with van der Waals surface area (Å²) in [6.45, 7) is 4.96. The molecule has 0 bridgehead atoms. The van der Waals surface area contributed by atoms with Crippen LogP contribution < -0.4 is 5.32 Å². The first kappa shape index (κ1) is 13.9. The highest BCUT2D eigenvalue weighted by molar-refractivity contribution is 6.30. The van der Waals surface area contributed by atoms with Gasteiger partial charge in [-0.1, -0.05) is 31.5 Å². The normalized spacial score (nSPS) is 20.2. The average molecular weight is 268 g/mol. The lowest BCUT2D eigenvalue weighted by molar-refractivity contribution is 0.143. The zero-order valence-electron chi connectivity index (χ0n) is 11.1. The van der Waals surface area contributed by atoms with Crippen LogP contribution in [0.4, 0.5) is 0 Å². The molecule has 2 atom stereocenters. The second-order valence-electron chi connectivity index (χ2n) is 5.71. The number of benzene rings is 1. The molecule has 0 heterocycles. The Balaban J connectivity index is 1.81. The number of hydrogen-bond donors (Lipinski definition) is 2. The summed E-state index contributed by atoms with van der Waals surface area (Å²) in [5.74, 6) is 0.543. The second kappa shape index (κ2) is 6.05. The van der Waals surface area contributed by atoms with E-state index in [2.05, 4.69) is 31.3 Å². The molecule has 1 aliphatic carbocycles. The van der Waals surface area contributed by atoms with Crippen molar-refractivity contribution >= 4 is 11.6 Å². The van der Waals surface area contributed by atoms with Crippen molar-refractivity contribution in [1.29, 1.82) is 0 Å². The van der Waals surface area contributed by atoms with Crippen LogP contribution in [0.1, 0.15) is 31.4 Å². The molecule has 0 amide bonds. The molecular weight excluding hydrogens is 246 g/mol. The number of fused-ring (bicyclic) bond motifs is 1. The maximum atomic E-state index is 9.86. The molecule has 2 unspecified atom stereocenters. The molecule has 18 heavy (non-hydrogen) atoms. The molecular formula is C15H22ClNO. The largest absolute Gasteiger partial charge is 0.392 e. The molecule has 1 aromatic rings. The molecule has 2 nitrogen and oxygen atoms in total. The SMILES string of the molecule is CC(C)CC(O)CNC1Cc2ccc(Cl)cc2C1. The molecule has 0 aliphatic heterocycles. The highest BCUT2D eigenvalue weighted by Gasteiger charge is 2.21. The molecule has 0 saturated carbocycles. The molecule has 0 radical (unpaired) electrons. The lowest BCUT2D eigenvalue weighted by Gasteiger charge is -2.17. The van der Waals surface area contributed by atoms with Crippen LogP contribution in [0.3, 0.4) is 0 Å². The molecule has 2 N–H and O–H groups in total. The number of nitrogens with one attached hydrogen (secondary N) is 1. The third kappa shape index (κ3) is 3.71. The summed E-state index contributed by atoms with van der Waals surface area (Å²) in [5, 5.41) is 14.1. The van der Waals surface area contributed by atoms with Gasteiger partial charge >= 0.3 is 0 Å². The Morgan fingerprint density at radius 3 is 2.78 bits per heavy atom. The maximum Gasteiger partial charge on any atom is 0.0667 e. The van der Waals surface area contributed by atoms with Gasteiger partial charge in [-0.3, -0.25) is 0 Å². The summed E-state index contributed by atoms with van der Waals surface area (Å²) in [6, 6.07) is 6.57. The second-order valence-corrected chi connectivity index (χ2v) is 6.15. The maximum absolute atomic E-state index is 9.86. The summed E-state index contributed by atoms with van der Waals surface area (Å²) in [7, 11) is 0. The lowest BCUT2D eigenvalue weighted by Crippen LogP contribution is -2.36. The Bertz CT molecular complexity index is 405. The van der Waals surface area contributed by atoms with E-state index in [1.54, 1.807) is 0 Å². The highest BCUT2D eigenvalue weighted by Crippen LogP contribution is 2.25. The van der Waals surface area contributed by atoms with Crippen molar-refractivity contribution < 1.29 is 5.11 Å². The van der Waals surface area contributed by atoms with Gasteiger partial charge in [0.2, 0.25) is 0 Å². The minimum absolute atomic E-state index is 0.239. The highest BCUT2D eigenvalue weighted by atomic mass is 35.5. The first-order chi connectivity index (χ1) is 8.54. The standard InChI is InChI=1S/C15H22ClNO/c1-10(2)5-15(18)9-17-14-7-11-3-4-13(16)6-12(11)8-14/h3-4,6,10,14-15,17-18H,5,7-9H2,1-2H3. The van der Waals surface area contributed by atoms with Gasteiger partial charge in [0.25, 0.3) is 0 Å². The van der Waals surface area contributed by atoms with Gasteiger partial charge in [0.05, 0.1) is 6.10 Å². The number of aliphatic hydroxyl groups excluding tert-OH is 1. The summed E-state index contributed by atoms with van der Waals surface area (Å²) in [4.78, 5) is 0. The van der Waals surface area contributed by atoms with E-state index in [0.29, 0.717) is 18.5 Å². The van der Waals surface area contributed by atoms with E-state index >= 15 is 0 Å². The predicted molar refractivity (Wildman–Crippen MR) is 76.1 cm³/mol. The van der Waals surface area contributed by atoms with E-state index in [0.717, 1.165) is 24.3 Å². The first-order valence-electron chi connectivity index (χ1n) is 6.73. The van der Waals surface area contributed by atoms with E-state index in [4.69, 9.17) is 11.6 Å². The Hall–Kier alpha value is -0.570. The van der Waals surface area contributed by atoms with Crippen molar-refractivity contribution in [1.82, 2.24) is 5.32 Å². The lowest BCUT2D eigenvalue weighted by atomic mass is 10.1. The van der Waals surface area contributed by atoms with Gasteiger partial charge in [-0.25, -0.2) is 0 Å². The van der Waals surface area contributed by atoms with Crippen LogP contribution in [0.2, 0.25) is 5.02 Å². The fourth-order valence-electron chi connectivity index (χ4n) is 2.66. The quantitative estimate of drug-likeness (QED) is 0.860. The zero-order chi connectivity index (χ0) is 13.1. The molecule has 0 aromatic heterocycles. The van der Waals surface area contributed by atoms with Gasteiger partial charge in [0, 0.05) is 17.6 Å². The third-order valence-electron chi connectivity index (χ3n) is 3.49. The summed E-state index contributed by atoms with van der Waals surface area (Å²) in [6.07, 6.45) is 2.68. The summed E-state index contributed by atoms with van der Waals surface area (Å²) >= 11 is 6.00. The predicted octanol–water partition coefficient (Wildman–Crippen LogP) is 2.80. The van der Waals surface area contributed by atoms with Crippen LogP contribution in [0.5, 0.6) is 0 Å². The molecule has 2 rings (SSSR count). The first-order valence-corrected chi connectivity index (χ1v) is 7.11. The minimum atomic E-state index is -0.239. The van der Waals surface area contributed by atoms with Crippen LogP contribution in [-0.4, -0.2) is 23.8 Å². The number of hydrogen-bond acceptors (Lipinski definition) is 2. The zero-order valence-corrected chi connectivity index (χ0v) is 11.9. The van der Waals surface area contributed by atoms with Crippen LogP contribution in [-0.2, 0) is 12.8 Å². The van der Waals surface area contributed by atoms with E-state index in [1.165, 1.54) is 11.1 Å². The molecule has 0 saturated heterocycles. The molecule has 3 heteroatoms. The molecule has 0 fully saturated rings. The van der Waals surface area contributed by atoms with Crippen LogP contribution in [0.25, 0.3) is 0 Å². The van der Waals surface area contributed by atoms with Crippen LogP contribution in [0, 0.1) is 5.92 Å². The number of aliphatic hydroxyl groups is 1. The van der Waals surface area contributed by atoms with Crippen molar-refractivity contribution in [3.63, 3.8) is 0 Å². The van der Waals surface area contributed by atoms with Crippen molar-refractivity contribution in [2.75, 3.05) is 6.54 Å². The van der Waals surface area contributed by atoms with E-state index < -0.39 is 0 Å². The Morgan fingerprint density at radius 1 is 1.33 bits per heavy atom. The van der Waals surface area contributed by atoms with Gasteiger partial charge < -0.3 is 10.4 Å². The minimum Gasteiger partial charge on any atom is -0.392 e. The van der Waals surface area contributed by atoms with E-state index in [9.17, 15) is 5.11 Å². The molecule has 1 aromatic carbocycles. The van der Waals surface area contributed by atoms with E-state index in [1.807, 2.05) is 6.07 Å². The fourth-order valence-corrected chi connectivity index (χ4v) is 2.86. The molecule has 100 valence electrons. The van der Waals surface area contributed by atoms with Gasteiger partial charge in [-0.15, -0.1) is 0 Å². The fraction of sp³-hybridized carbons (Fsp3) is 0.600. The van der Waals surface area contributed by atoms with Gasteiger partial charge in [0.15, 0.2) is 0 Å². The molecule has 1 aliphatic rings. The Morgan fingerprint density at radius 2 is 2.06 bits per heavy atom. The van der Waals surface area contributed by atoms with Gasteiger partial charge in [-0.2, -0.15) is 0 Å². The summed E-state index contributed by atoms with van der Waals surface area (Å²) in [5.41, 5.74) is 2.73. The van der Waals surface area contributed by atoms with E-state index in [-0.39, 0.29) is 6.10 Å². The van der Waals surface area contributed by atoms with Crippen LogP contribution in [0.15, 0.2) is 18.2 Å². The van der Waals surface area contributed by atoms with Crippen molar-refractivity contribution in [2.24, 2.45) is 5.92 Å². The van der Waals surface area contributed by atoms with Crippen molar-refractivity contribution in [3.05, 3.63) is 34.3 Å². The third-order valence-corrected chi connectivity index (χ3v) is 3.72. The number of rotatable bonds is 5. The smallest absolute Gasteiger partial charge is 0.0667 e. The monoisotopic (exact) mass is 267 g/mol. The van der Waals surface area contributed by atoms with Gasteiger partial charge in [0.1, 0.15) is 0 Å². The number of halogens is 1. The Labute approximate surface area is 114 Å². The van der Waals surface area contributed by atoms with Crippen molar-refractivity contribution in [3.8, 4) is 0 Å². The topological polar surface area (TPSA) is 32.3 Å². The van der Waals surface area contributed by atoms with Crippen molar-refractivity contribution in [2.45, 2.75) is 45.3 Å².